The molecule has 0 aliphatic heterocycles. The first-order valence-electron chi connectivity index (χ1n) is 5.72. The minimum absolute atomic E-state index is 0. The summed E-state index contributed by atoms with van der Waals surface area (Å²) in [6.07, 6.45) is 1.96. The lowest BCUT2D eigenvalue weighted by Gasteiger charge is -2.01. The van der Waals surface area contributed by atoms with Crippen LogP contribution in [0.1, 0.15) is 21.6 Å². The van der Waals surface area contributed by atoms with E-state index in [9.17, 15) is 4.79 Å². The fourth-order valence-electron chi connectivity index (χ4n) is 1.83. The largest absolute Gasteiger partial charge is 1.00 e. The van der Waals surface area contributed by atoms with Crippen molar-refractivity contribution in [1.29, 1.82) is 0 Å². The summed E-state index contributed by atoms with van der Waals surface area (Å²) in [5.41, 5.74) is 3.08. The number of aromatic nitrogens is 1. The lowest BCUT2D eigenvalue weighted by Crippen LogP contribution is -3.00. The van der Waals surface area contributed by atoms with Gasteiger partial charge in [-0.05, 0) is 12.5 Å². The van der Waals surface area contributed by atoms with Gasteiger partial charge in [0.15, 0.2) is 11.9 Å². The van der Waals surface area contributed by atoms with Gasteiger partial charge in [-0.2, -0.15) is 4.57 Å². The van der Waals surface area contributed by atoms with Gasteiger partial charge in [0.2, 0.25) is 12.3 Å². The Bertz CT molecular complexity index is 537. The Hall–Kier alpha value is -1.48. The van der Waals surface area contributed by atoms with Crippen LogP contribution < -0.4 is 21.5 Å². The molecule has 2 aromatic rings. The van der Waals surface area contributed by atoms with E-state index in [4.69, 9.17) is 0 Å². The molecular formula is C15H16BrNO. The van der Waals surface area contributed by atoms with Crippen LogP contribution in [0.25, 0.3) is 0 Å². The molecule has 0 bridgehead atoms. The van der Waals surface area contributed by atoms with E-state index >= 15 is 0 Å². The minimum Gasteiger partial charge on any atom is -1.00 e. The van der Waals surface area contributed by atoms with E-state index < -0.39 is 0 Å². The third-order valence-corrected chi connectivity index (χ3v) is 2.82. The smallest absolute Gasteiger partial charge is 0.227 e. The Balaban J connectivity index is 0.00000162. The molecule has 0 atom stereocenters. The predicted molar refractivity (Wildman–Crippen MR) is 66.9 cm³/mol. The molecule has 0 radical (unpaired) electrons. The van der Waals surface area contributed by atoms with Crippen LogP contribution in [0.15, 0.2) is 48.7 Å². The second kappa shape index (κ2) is 6.45. The van der Waals surface area contributed by atoms with Gasteiger partial charge >= 0.3 is 0 Å². The number of pyridine rings is 1. The fraction of sp³-hybridized carbons (Fsp3) is 0.200. The van der Waals surface area contributed by atoms with Crippen molar-refractivity contribution in [3.63, 3.8) is 0 Å². The summed E-state index contributed by atoms with van der Waals surface area (Å²) < 4.78 is 1.97. The molecule has 2 nitrogen and oxygen atoms in total. The first kappa shape index (κ1) is 14.6. The van der Waals surface area contributed by atoms with Crippen LogP contribution in [-0.4, -0.2) is 5.78 Å². The van der Waals surface area contributed by atoms with Crippen molar-refractivity contribution in [2.45, 2.75) is 20.4 Å². The van der Waals surface area contributed by atoms with Gasteiger partial charge in [0.1, 0.15) is 0 Å². The number of carbonyl (C=O) groups excluding carboxylic acids is 1. The summed E-state index contributed by atoms with van der Waals surface area (Å²) >= 11 is 0. The molecule has 0 unspecified atom stereocenters. The van der Waals surface area contributed by atoms with E-state index in [1.807, 2.05) is 54.1 Å². The van der Waals surface area contributed by atoms with Crippen LogP contribution >= 0.6 is 0 Å². The highest BCUT2D eigenvalue weighted by molar-refractivity contribution is 5.94. The summed E-state index contributed by atoms with van der Waals surface area (Å²) in [4.78, 5) is 12.0. The summed E-state index contributed by atoms with van der Waals surface area (Å²) in [6, 6.07) is 13.5. The van der Waals surface area contributed by atoms with Crippen LogP contribution in [0.4, 0.5) is 0 Å². The second-order valence-electron chi connectivity index (χ2n) is 4.26. The topological polar surface area (TPSA) is 20.9 Å². The molecule has 0 amide bonds. The van der Waals surface area contributed by atoms with Gasteiger partial charge in [0.25, 0.3) is 0 Å². The number of Topliss-reactive ketones (excluding diaryl/α,β-unsaturated/α-hetero) is 1. The van der Waals surface area contributed by atoms with Gasteiger partial charge < -0.3 is 17.0 Å². The zero-order valence-corrected chi connectivity index (χ0v) is 12.1. The number of halogens is 1. The second-order valence-corrected chi connectivity index (χ2v) is 4.26. The standard InChI is InChI=1S/C15H16NO.BrH/c1-12-8-9-16(13(2)10-12)11-15(17)14-6-4-3-5-7-14;/h3-10H,11H2,1-2H3;1H/q+1;/p-1. The van der Waals surface area contributed by atoms with Gasteiger partial charge in [0.05, 0.1) is 0 Å². The molecule has 1 heterocycles. The number of carbonyl (C=O) groups is 1. The molecule has 2 rings (SSSR count). The first-order chi connectivity index (χ1) is 8.16. The van der Waals surface area contributed by atoms with Crippen molar-refractivity contribution in [2.75, 3.05) is 0 Å². The van der Waals surface area contributed by atoms with Crippen LogP contribution in [-0.2, 0) is 6.54 Å². The van der Waals surface area contributed by atoms with E-state index in [-0.39, 0.29) is 22.8 Å². The Morgan fingerprint density at radius 1 is 1.11 bits per heavy atom. The van der Waals surface area contributed by atoms with Crippen molar-refractivity contribution in [3.8, 4) is 0 Å². The van der Waals surface area contributed by atoms with E-state index in [1.165, 1.54) is 5.56 Å². The minimum atomic E-state index is 0. The number of nitrogens with zero attached hydrogens (tertiary/aromatic N) is 1. The number of aryl methyl sites for hydroxylation is 2. The van der Waals surface area contributed by atoms with E-state index in [2.05, 4.69) is 13.0 Å². The highest BCUT2D eigenvalue weighted by Gasteiger charge is 2.13. The highest BCUT2D eigenvalue weighted by atomic mass is 79.9. The maximum atomic E-state index is 12.0. The summed E-state index contributed by atoms with van der Waals surface area (Å²) in [5, 5.41) is 0. The Morgan fingerprint density at radius 2 is 1.78 bits per heavy atom. The number of rotatable bonds is 3. The van der Waals surface area contributed by atoms with Crippen molar-refractivity contribution in [1.82, 2.24) is 0 Å². The van der Waals surface area contributed by atoms with Gasteiger partial charge in [-0.25, -0.2) is 0 Å². The number of hydrogen-bond donors (Lipinski definition) is 0. The third-order valence-electron chi connectivity index (χ3n) is 2.82. The van der Waals surface area contributed by atoms with Gasteiger partial charge in [0, 0.05) is 24.6 Å². The molecule has 0 aliphatic rings. The average molecular weight is 306 g/mol. The molecule has 0 saturated heterocycles. The van der Waals surface area contributed by atoms with E-state index in [0.29, 0.717) is 6.54 Å². The number of ketones is 1. The molecule has 1 aromatic carbocycles. The van der Waals surface area contributed by atoms with Gasteiger partial charge in [-0.15, -0.1) is 0 Å². The monoisotopic (exact) mass is 305 g/mol. The molecule has 94 valence electrons. The molecule has 0 spiro atoms. The SMILES string of the molecule is Cc1cc[n+](CC(=O)c2ccccc2)c(C)c1.[Br-]. The molecule has 18 heavy (non-hydrogen) atoms. The average Bonchev–Trinajstić information content (AvgIpc) is 2.34. The lowest BCUT2D eigenvalue weighted by atomic mass is 10.1. The fourth-order valence-corrected chi connectivity index (χ4v) is 1.83. The number of benzene rings is 1. The van der Waals surface area contributed by atoms with Crippen LogP contribution in [0.3, 0.4) is 0 Å². The van der Waals surface area contributed by atoms with Crippen molar-refractivity contribution < 1.29 is 26.3 Å². The van der Waals surface area contributed by atoms with Gasteiger partial charge in [-0.3, -0.25) is 4.79 Å². The Morgan fingerprint density at radius 3 is 2.39 bits per heavy atom. The summed E-state index contributed by atoms with van der Waals surface area (Å²) in [5.74, 6) is 0.141. The molecule has 0 fully saturated rings. The maximum absolute atomic E-state index is 12.0. The summed E-state index contributed by atoms with van der Waals surface area (Å²) in [6.45, 7) is 4.47. The quantitative estimate of drug-likeness (QED) is 0.552. The predicted octanol–water partition coefficient (Wildman–Crippen LogP) is -0.522. The number of hydrogen-bond acceptors (Lipinski definition) is 1. The highest BCUT2D eigenvalue weighted by Crippen LogP contribution is 2.01. The maximum Gasteiger partial charge on any atom is 0.227 e. The van der Waals surface area contributed by atoms with Crippen molar-refractivity contribution >= 4 is 5.78 Å². The normalized spacial score (nSPS) is 9.67. The van der Waals surface area contributed by atoms with Crippen LogP contribution in [0.5, 0.6) is 0 Å². The molecule has 0 N–H and O–H groups in total. The van der Waals surface area contributed by atoms with E-state index in [1.54, 1.807) is 0 Å². The van der Waals surface area contributed by atoms with Crippen molar-refractivity contribution in [3.05, 3.63) is 65.5 Å². The molecule has 3 heteroatoms. The third kappa shape index (κ3) is 3.50. The Kier molecular flexibility index (Phi) is 5.23. The molecule has 0 saturated carbocycles. The van der Waals surface area contributed by atoms with E-state index in [0.717, 1.165) is 11.3 Å². The zero-order chi connectivity index (χ0) is 12.3. The first-order valence-corrected chi connectivity index (χ1v) is 5.72. The molecule has 1 aromatic heterocycles. The molecule has 0 aliphatic carbocycles. The lowest BCUT2D eigenvalue weighted by molar-refractivity contribution is -0.689. The summed E-state index contributed by atoms with van der Waals surface area (Å²) in [7, 11) is 0. The molecular weight excluding hydrogens is 290 g/mol. The Labute approximate surface area is 118 Å². The van der Waals surface area contributed by atoms with Crippen LogP contribution in [0.2, 0.25) is 0 Å². The zero-order valence-electron chi connectivity index (χ0n) is 10.6. The van der Waals surface area contributed by atoms with Gasteiger partial charge in [-0.1, -0.05) is 30.3 Å². The van der Waals surface area contributed by atoms with Crippen molar-refractivity contribution in [2.24, 2.45) is 0 Å². The van der Waals surface area contributed by atoms with Crippen LogP contribution in [0, 0.1) is 13.8 Å².